The molecule has 0 fully saturated rings. The van der Waals surface area contributed by atoms with E-state index in [4.69, 9.17) is 5.73 Å². The lowest BCUT2D eigenvalue weighted by Crippen LogP contribution is -2.13. The molecule has 0 aliphatic rings. The Labute approximate surface area is 93.0 Å². The molecule has 15 heavy (non-hydrogen) atoms. The highest BCUT2D eigenvalue weighted by atomic mass is 14.6. The Balaban J connectivity index is 2.95. The topological polar surface area (TPSA) is 26.0 Å². The average Bonchev–Trinajstić information content (AvgIpc) is 2.15. The molecule has 1 nitrogen and oxygen atoms in total. The van der Waals surface area contributed by atoms with Gasteiger partial charge in [0.15, 0.2) is 0 Å². The van der Waals surface area contributed by atoms with Gasteiger partial charge in [-0.25, -0.2) is 0 Å². The summed E-state index contributed by atoms with van der Waals surface area (Å²) >= 11 is 0. The number of hydrogen-bond acceptors (Lipinski definition) is 1. The maximum atomic E-state index is 6.00. The van der Waals surface area contributed by atoms with E-state index >= 15 is 0 Å². The number of rotatable bonds is 2. The Bertz CT molecular complexity index is 341. The fourth-order valence-corrected chi connectivity index (χ4v) is 1.47. The maximum Gasteiger partial charge on any atom is 0.0505 e. The van der Waals surface area contributed by atoms with Crippen LogP contribution in [0.25, 0.3) is 0 Å². The van der Waals surface area contributed by atoms with E-state index < -0.39 is 0 Å². The van der Waals surface area contributed by atoms with Crippen LogP contribution in [-0.4, -0.2) is 0 Å². The number of hydrogen-bond donors (Lipinski definition) is 1. The quantitative estimate of drug-likeness (QED) is 0.731. The third-order valence-electron chi connectivity index (χ3n) is 2.67. The maximum absolute atomic E-state index is 6.00. The molecule has 1 aromatic rings. The summed E-state index contributed by atoms with van der Waals surface area (Å²) in [6.45, 7) is 12.5. The minimum Gasteiger partial charge on any atom is -0.321 e. The molecule has 82 valence electrons. The van der Waals surface area contributed by atoms with Crippen LogP contribution in [0.2, 0.25) is 0 Å². The first-order valence-electron chi connectivity index (χ1n) is 5.34. The van der Waals surface area contributed by atoms with E-state index in [1.807, 2.05) is 6.92 Å². The fourth-order valence-electron chi connectivity index (χ4n) is 1.47. The normalized spacial score (nSPS) is 13.7. The highest BCUT2D eigenvalue weighted by molar-refractivity contribution is 5.32. The molecule has 1 unspecified atom stereocenters. The van der Waals surface area contributed by atoms with E-state index in [1.165, 1.54) is 5.56 Å². The molecule has 1 aromatic carbocycles. The van der Waals surface area contributed by atoms with Gasteiger partial charge in [0.1, 0.15) is 0 Å². The van der Waals surface area contributed by atoms with Crippen molar-refractivity contribution in [1.82, 2.24) is 0 Å². The van der Waals surface area contributed by atoms with Gasteiger partial charge in [-0.15, -0.1) is 0 Å². The van der Waals surface area contributed by atoms with Gasteiger partial charge in [-0.05, 0) is 23.5 Å². The second-order valence-corrected chi connectivity index (χ2v) is 5.20. The lowest BCUT2D eigenvalue weighted by atomic mass is 9.86. The van der Waals surface area contributed by atoms with E-state index in [-0.39, 0.29) is 11.5 Å². The van der Waals surface area contributed by atoms with Gasteiger partial charge >= 0.3 is 0 Å². The zero-order valence-corrected chi connectivity index (χ0v) is 10.2. The first kappa shape index (κ1) is 12.0. The Kier molecular flexibility index (Phi) is 3.35. The molecule has 0 aliphatic heterocycles. The molecule has 2 N–H and O–H groups in total. The molecule has 0 radical (unpaired) electrons. The molecule has 1 atom stereocenters. The molecule has 1 rings (SSSR count). The van der Waals surface area contributed by atoms with Crippen molar-refractivity contribution in [2.75, 3.05) is 0 Å². The van der Waals surface area contributed by atoms with Crippen molar-refractivity contribution in [2.24, 2.45) is 5.73 Å². The highest BCUT2D eigenvalue weighted by Gasteiger charge is 2.14. The number of nitrogens with two attached hydrogens (primary N) is 1. The van der Waals surface area contributed by atoms with Gasteiger partial charge in [-0.1, -0.05) is 57.2 Å². The van der Waals surface area contributed by atoms with Crippen molar-refractivity contribution in [3.05, 3.63) is 47.5 Å². The van der Waals surface area contributed by atoms with Crippen LogP contribution in [0.4, 0.5) is 0 Å². The Hall–Kier alpha value is -1.08. The summed E-state index contributed by atoms with van der Waals surface area (Å²) < 4.78 is 0. The van der Waals surface area contributed by atoms with Crippen LogP contribution in [0.15, 0.2) is 36.4 Å². The molecule has 0 amide bonds. The summed E-state index contributed by atoms with van der Waals surface area (Å²) in [5.41, 5.74) is 9.66. The van der Waals surface area contributed by atoms with Crippen LogP contribution < -0.4 is 5.73 Å². The zero-order chi connectivity index (χ0) is 11.6. The number of benzene rings is 1. The van der Waals surface area contributed by atoms with E-state index in [0.717, 1.165) is 11.1 Å². The lowest BCUT2D eigenvalue weighted by molar-refractivity contribution is 0.589. The van der Waals surface area contributed by atoms with Crippen LogP contribution in [0.1, 0.15) is 44.9 Å². The summed E-state index contributed by atoms with van der Waals surface area (Å²) in [7, 11) is 0. The Morgan fingerprint density at radius 1 is 1.20 bits per heavy atom. The summed E-state index contributed by atoms with van der Waals surface area (Å²) in [6, 6.07) is 8.45. The first-order chi connectivity index (χ1) is 6.82. The summed E-state index contributed by atoms with van der Waals surface area (Å²) in [4.78, 5) is 0. The van der Waals surface area contributed by atoms with Crippen LogP contribution >= 0.6 is 0 Å². The largest absolute Gasteiger partial charge is 0.321 e. The smallest absolute Gasteiger partial charge is 0.0505 e. The Morgan fingerprint density at radius 2 is 1.67 bits per heavy atom. The van der Waals surface area contributed by atoms with Crippen molar-refractivity contribution < 1.29 is 0 Å². The first-order valence-corrected chi connectivity index (χ1v) is 5.34. The molecular weight excluding hydrogens is 182 g/mol. The molecule has 0 bridgehead atoms. The van der Waals surface area contributed by atoms with Crippen LogP contribution in [-0.2, 0) is 5.41 Å². The van der Waals surface area contributed by atoms with Crippen molar-refractivity contribution in [3.8, 4) is 0 Å². The molecule has 0 heterocycles. The average molecular weight is 203 g/mol. The fraction of sp³-hybridized carbons (Fsp3) is 0.429. The highest BCUT2D eigenvalue weighted by Crippen LogP contribution is 2.24. The van der Waals surface area contributed by atoms with E-state index in [1.54, 1.807) is 0 Å². The predicted molar refractivity (Wildman–Crippen MR) is 66.9 cm³/mol. The van der Waals surface area contributed by atoms with Crippen LogP contribution in [0.5, 0.6) is 0 Å². The third kappa shape index (κ3) is 2.93. The van der Waals surface area contributed by atoms with E-state index in [0.29, 0.717) is 0 Å². The molecule has 1 heteroatoms. The molecule has 0 aromatic heterocycles. The van der Waals surface area contributed by atoms with Gasteiger partial charge in [0, 0.05) is 0 Å². The van der Waals surface area contributed by atoms with Crippen molar-refractivity contribution >= 4 is 0 Å². The standard InChI is InChI=1S/C14H21N/c1-10(2)13(15)11-6-8-12(9-7-11)14(3,4)5/h6-9,13H,1,15H2,2-5H3. The van der Waals surface area contributed by atoms with Gasteiger partial charge in [0.25, 0.3) is 0 Å². The molecule has 0 aliphatic carbocycles. The van der Waals surface area contributed by atoms with Gasteiger partial charge in [-0.3, -0.25) is 0 Å². The molecular formula is C14H21N. The SMILES string of the molecule is C=C(C)C(N)c1ccc(C(C)(C)C)cc1. The van der Waals surface area contributed by atoms with Crippen molar-refractivity contribution in [2.45, 2.75) is 39.2 Å². The van der Waals surface area contributed by atoms with Gasteiger partial charge in [0.05, 0.1) is 6.04 Å². The monoisotopic (exact) mass is 203 g/mol. The molecule has 0 saturated carbocycles. The summed E-state index contributed by atoms with van der Waals surface area (Å²) in [5.74, 6) is 0. The Morgan fingerprint density at radius 3 is 2.00 bits per heavy atom. The van der Waals surface area contributed by atoms with Crippen LogP contribution in [0, 0.1) is 0 Å². The predicted octanol–water partition coefficient (Wildman–Crippen LogP) is 3.56. The van der Waals surface area contributed by atoms with Crippen molar-refractivity contribution in [3.63, 3.8) is 0 Å². The van der Waals surface area contributed by atoms with Gasteiger partial charge in [-0.2, -0.15) is 0 Å². The second-order valence-electron chi connectivity index (χ2n) is 5.20. The minimum absolute atomic E-state index is 0.0426. The minimum atomic E-state index is -0.0426. The van der Waals surface area contributed by atoms with Crippen LogP contribution in [0.3, 0.4) is 0 Å². The van der Waals surface area contributed by atoms with Crippen molar-refractivity contribution in [1.29, 1.82) is 0 Å². The van der Waals surface area contributed by atoms with E-state index in [9.17, 15) is 0 Å². The lowest BCUT2D eigenvalue weighted by Gasteiger charge is -2.20. The molecule has 0 saturated heterocycles. The van der Waals surface area contributed by atoms with Gasteiger partial charge in [0.2, 0.25) is 0 Å². The second kappa shape index (κ2) is 4.19. The summed E-state index contributed by atoms with van der Waals surface area (Å²) in [6.07, 6.45) is 0. The third-order valence-corrected chi connectivity index (χ3v) is 2.67. The van der Waals surface area contributed by atoms with E-state index in [2.05, 4.69) is 51.6 Å². The van der Waals surface area contributed by atoms with Gasteiger partial charge < -0.3 is 5.73 Å². The summed E-state index contributed by atoms with van der Waals surface area (Å²) in [5, 5.41) is 0. The zero-order valence-electron chi connectivity index (χ0n) is 10.2. The molecule has 0 spiro atoms.